The van der Waals surface area contributed by atoms with Crippen LogP contribution < -0.4 is 5.32 Å². The highest BCUT2D eigenvalue weighted by molar-refractivity contribution is 5.95. The molecule has 0 radical (unpaired) electrons. The third-order valence-corrected chi connectivity index (χ3v) is 5.22. The van der Waals surface area contributed by atoms with Crippen LogP contribution in [-0.4, -0.2) is 29.7 Å². The summed E-state index contributed by atoms with van der Waals surface area (Å²) in [5, 5.41) is 3.02. The predicted octanol–water partition coefficient (Wildman–Crippen LogP) is 4.22. The fraction of sp³-hybridized carbons (Fsp3) is 0.571. The van der Waals surface area contributed by atoms with E-state index in [-0.39, 0.29) is 5.91 Å². The van der Waals surface area contributed by atoms with E-state index in [1.165, 1.54) is 32.1 Å². The Morgan fingerprint density at radius 3 is 2.85 bits per heavy atom. The second-order valence-electron chi connectivity index (χ2n) is 7.19. The highest BCUT2D eigenvalue weighted by Crippen LogP contribution is 2.20. The van der Waals surface area contributed by atoms with Crippen LogP contribution in [0.25, 0.3) is 0 Å². The maximum Gasteiger partial charge on any atom is 0.253 e. The van der Waals surface area contributed by atoms with Crippen molar-refractivity contribution in [3.8, 4) is 0 Å². The lowest BCUT2D eigenvalue weighted by Gasteiger charge is -2.21. The lowest BCUT2D eigenvalue weighted by atomic mass is 9.98. The average Bonchev–Trinajstić information content (AvgIpc) is 3.26. The molecule has 3 rings (SSSR count). The molecular weight excluding hydrogens is 328 g/mol. The zero-order valence-corrected chi connectivity index (χ0v) is 15.9. The van der Waals surface area contributed by atoms with Gasteiger partial charge in [0.2, 0.25) is 0 Å². The molecule has 26 heavy (non-hydrogen) atoms. The standard InChI is InChI=1S/C21H30N2O3/c1-16-14-20(17(2)23(16)15-19-10-6-12-26-19)21(24)22-11-7-13-25-18-8-4-3-5-9-18/h6,10,12,14,18H,3-5,7-9,11,13,15H2,1-2H3,(H,22,24). The van der Waals surface area contributed by atoms with Gasteiger partial charge in [0.25, 0.3) is 5.91 Å². The van der Waals surface area contributed by atoms with E-state index in [2.05, 4.69) is 9.88 Å². The van der Waals surface area contributed by atoms with E-state index in [1.54, 1.807) is 6.26 Å². The first-order chi connectivity index (χ1) is 12.6. The van der Waals surface area contributed by atoms with Crippen molar-refractivity contribution in [1.82, 2.24) is 9.88 Å². The van der Waals surface area contributed by atoms with Gasteiger partial charge in [0.1, 0.15) is 5.76 Å². The van der Waals surface area contributed by atoms with Crippen LogP contribution in [0.15, 0.2) is 28.9 Å². The molecule has 5 heteroatoms. The highest BCUT2D eigenvalue weighted by Gasteiger charge is 2.16. The maximum atomic E-state index is 12.5. The highest BCUT2D eigenvalue weighted by atomic mass is 16.5. The normalized spacial score (nSPS) is 15.3. The van der Waals surface area contributed by atoms with Gasteiger partial charge in [-0.1, -0.05) is 19.3 Å². The van der Waals surface area contributed by atoms with Gasteiger partial charge < -0.3 is 19.0 Å². The molecule has 0 bridgehead atoms. The first-order valence-electron chi connectivity index (χ1n) is 9.74. The van der Waals surface area contributed by atoms with E-state index in [9.17, 15) is 4.79 Å². The van der Waals surface area contributed by atoms with Gasteiger partial charge in [-0.2, -0.15) is 0 Å². The summed E-state index contributed by atoms with van der Waals surface area (Å²) in [7, 11) is 0. The molecular formula is C21H30N2O3. The summed E-state index contributed by atoms with van der Waals surface area (Å²) in [4.78, 5) is 12.5. The molecule has 0 unspecified atom stereocenters. The van der Waals surface area contributed by atoms with Crippen LogP contribution in [0.3, 0.4) is 0 Å². The van der Waals surface area contributed by atoms with Gasteiger partial charge in [0.05, 0.1) is 24.5 Å². The minimum atomic E-state index is -0.0125. The summed E-state index contributed by atoms with van der Waals surface area (Å²) < 4.78 is 13.4. The molecule has 0 aliphatic heterocycles. The van der Waals surface area contributed by atoms with E-state index in [1.807, 2.05) is 32.0 Å². The van der Waals surface area contributed by atoms with E-state index >= 15 is 0 Å². The molecule has 1 amide bonds. The number of nitrogens with zero attached hydrogens (tertiary/aromatic N) is 1. The average molecular weight is 358 g/mol. The summed E-state index contributed by atoms with van der Waals surface area (Å²) in [6.07, 6.45) is 9.25. The number of hydrogen-bond acceptors (Lipinski definition) is 3. The maximum absolute atomic E-state index is 12.5. The summed E-state index contributed by atoms with van der Waals surface area (Å²) >= 11 is 0. The van der Waals surface area contributed by atoms with Crippen LogP contribution in [0.2, 0.25) is 0 Å². The number of nitrogens with one attached hydrogen (secondary N) is 1. The molecule has 1 fully saturated rings. The topological polar surface area (TPSA) is 56.4 Å². The number of carbonyl (C=O) groups is 1. The molecule has 0 spiro atoms. The molecule has 1 saturated carbocycles. The van der Waals surface area contributed by atoms with Gasteiger partial charge in [-0.3, -0.25) is 4.79 Å². The Kier molecular flexibility index (Phi) is 6.56. The molecule has 1 aliphatic rings. The molecule has 0 atom stereocenters. The molecule has 1 aliphatic carbocycles. The van der Waals surface area contributed by atoms with Gasteiger partial charge >= 0.3 is 0 Å². The smallest absolute Gasteiger partial charge is 0.253 e. The monoisotopic (exact) mass is 358 g/mol. The van der Waals surface area contributed by atoms with Crippen LogP contribution in [0.5, 0.6) is 0 Å². The quantitative estimate of drug-likeness (QED) is 0.719. The fourth-order valence-corrected chi connectivity index (χ4v) is 3.68. The third kappa shape index (κ3) is 4.79. The number of carbonyl (C=O) groups excluding carboxylic acids is 1. The van der Waals surface area contributed by atoms with Crippen LogP contribution in [0.1, 0.15) is 66.0 Å². The van der Waals surface area contributed by atoms with Gasteiger partial charge in [0, 0.05) is 24.5 Å². The molecule has 2 heterocycles. The first kappa shape index (κ1) is 18.8. The molecule has 1 N–H and O–H groups in total. The second kappa shape index (κ2) is 9.08. The Labute approximate surface area is 155 Å². The number of amides is 1. The van der Waals surface area contributed by atoms with Crippen molar-refractivity contribution in [3.05, 3.63) is 47.2 Å². The van der Waals surface area contributed by atoms with Crippen molar-refractivity contribution in [2.45, 2.75) is 65.0 Å². The number of aryl methyl sites for hydroxylation is 1. The van der Waals surface area contributed by atoms with Crippen molar-refractivity contribution in [2.75, 3.05) is 13.2 Å². The van der Waals surface area contributed by atoms with Gasteiger partial charge in [-0.15, -0.1) is 0 Å². The Hall–Kier alpha value is -2.01. The van der Waals surface area contributed by atoms with Crippen LogP contribution in [-0.2, 0) is 11.3 Å². The van der Waals surface area contributed by atoms with Crippen molar-refractivity contribution >= 4 is 5.91 Å². The summed E-state index contributed by atoms with van der Waals surface area (Å²) in [5.74, 6) is 0.875. The van der Waals surface area contributed by atoms with Gasteiger partial charge in [0.15, 0.2) is 0 Å². The van der Waals surface area contributed by atoms with Gasteiger partial charge in [-0.05, 0) is 51.3 Å². The molecule has 2 aromatic rings. The Morgan fingerprint density at radius 2 is 2.12 bits per heavy atom. The minimum absolute atomic E-state index is 0.0125. The van der Waals surface area contributed by atoms with E-state index in [4.69, 9.17) is 9.15 Å². The number of furan rings is 1. The molecule has 2 aromatic heterocycles. The minimum Gasteiger partial charge on any atom is -0.467 e. The number of ether oxygens (including phenoxy) is 1. The summed E-state index contributed by atoms with van der Waals surface area (Å²) in [6.45, 7) is 6.02. The van der Waals surface area contributed by atoms with E-state index in [0.29, 0.717) is 19.2 Å². The van der Waals surface area contributed by atoms with Crippen LogP contribution in [0.4, 0.5) is 0 Å². The third-order valence-electron chi connectivity index (χ3n) is 5.22. The van der Waals surface area contributed by atoms with Crippen molar-refractivity contribution in [1.29, 1.82) is 0 Å². The zero-order valence-electron chi connectivity index (χ0n) is 15.9. The predicted molar refractivity (Wildman–Crippen MR) is 101 cm³/mol. The lowest BCUT2D eigenvalue weighted by molar-refractivity contribution is 0.0273. The number of hydrogen-bond donors (Lipinski definition) is 1. The Morgan fingerprint density at radius 1 is 1.31 bits per heavy atom. The molecule has 0 aromatic carbocycles. The second-order valence-corrected chi connectivity index (χ2v) is 7.19. The van der Waals surface area contributed by atoms with Crippen LogP contribution in [0, 0.1) is 13.8 Å². The first-order valence-corrected chi connectivity index (χ1v) is 9.74. The van der Waals surface area contributed by atoms with Crippen molar-refractivity contribution in [2.24, 2.45) is 0 Å². The molecule has 5 nitrogen and oxygen atoms in total. The lowest BCUT2D eigenvalue weighted by Crippen LogP contribution is -2.26. The zero-order chi connectivity index (χ0) is 18.4. The van der Waals surface area contributed by atoms with Crippen molar-refractivity contribution in [3.63, 3.8) is 0 Å². The molecule has 0 saturated heterocycles. The molecule has 142 valence electrons. The van der Waals surface area contributed by atoms with E-state index in [0.717, 1.165) is 35.7 Å². The largest absolute Gasteiger partial charge is 0.467 e. The number of aromatic nitrogens is 1. The SMILES string of the molecule is Cc1cc(C(=O)NCCCOC2CCCCC2)c(C)n1Cc1ccco1. The summed E-state index contributed by atoms with van der Waals surface area (Å²) in [5.41, 5.74) is 2.77. The van der Waals surface area contributed by atoms with Crippen molar-refractivity contribution < 1.29 is 13.9 Å². The Balaban J connectivity index is 1.45. The number of rotatable bonds is 8. The summed E-state index contributed by atoms with van der Waals surface area (Å²) in [6, 6.07) is 5.78. The fourth-order valence-electron chi connectivity index (χ4n) is 3.68. The van der Waals surface area contributed by atoms with E-state index < -0.39 is 0 Å². The van der Waals surface area contributed by atoms with Gasteiger partial charge in [-0.25, -0.2) is 0 Å². The van der Waals surface area contributed by atoms with Crippen LogP contribution >= 0.6 is 0 Å². The Bertz CT molecular complexity index is 697.